The molecule has 1 saturated heterocycles. The molecule has 1 fully saturated rings. The van der Waals surface area contributed by atoms with E-state index in [1.807, 2.05) is 32.9 Å². The molecule has 0 amide bonds. The number of furan rings is 1. The monoisotopic (exact) mass is 544 g/mol. The Kier molecular flexibility index (Phi) is 8.80. The maximum absolute atomic E-state index is 13.6. The molecule has 10 heteroatoms. The van der Waals surface area contributed by atoms with Crippen LogP contribution in [0, 0.1) is 5.92 Å². The van der Waals surface area contributed by atoms with Gasteiger partial charge in [0.25, 0.3) is 0 Å². The maximum Gasteiger partial charge on any atom is 0.342 e. The molecule has 2 aliphatic rings. The second kappa shape index (κ2) is 11.9. The Hall–Kier alpha value is -3.18. The van der Waals surface area contributed by atoms with Gasteiger partial charge in [-0.05, 0) is 39.3 Å². The Bertz CT molecular complexity index is 1260. The van der Waals surface area contributed by atoms with E-state index in [2.05, 4.69) is 0 Å². The minimum atomic E-state index is -0.895. The summed E-state index contributed by atoms with van der Waals surface area (Å²) in [5.74, 6) is -1.60. The minimum absolute atomic E-state index is 0.0985. The van der Waals surface area contributed by atoms with E-state index >= 15 is 0 Å². The highest BCUT2D eigenvalue weighted by atomic mass is 16.8. The van der Waals surface area contributed by atoms with Gasteiger partial charge in [0.15, 0.2) is 12.6 Å². The number of hydrogen-bond acceptors (Lipinski definition) is 10. The number of hydrogen-bond donors (Lipinski definition) is 1. The van der Waals surface area contributed by atoms with E-state index in [1.54, 1.807) is 31.2 Å². The minimum Gasteiger partial charge on any atom is -0.466 e. The Labute approximate surface area is 227 Å². The Morgan fingerprint density at radius 3 is 2.64 bits per heavy atom. The molecule has 1 aromatic heterocycles. The highest BCUT2D eigenvalue weighted by Crippen LogP contribution is 2.37. The van der Waals surface area contributed by atoms with Crippen LogP contribution in [0.3, 0.4) is 0 Å². The van der Waals surface area contributed by atoms with Crippen LogP contribution in [0.5, 0.6) is 5.75 Å². The lowest BCUT2D eigenvalue weighted by Crippen LogP contribution is -2.37. The first-order valence-corrected chi connectivity index (χ1v) is 12.9. The third-order valence-corrected chi connectivity index (χ3v) is 6.71. The number of cyclic esters (lactones) is 1. The molecule has 5 atom stereocenters. The molecule has 212 valence electrons. The molecule has 0 spiro atoms. The summed E-state index contributed by atoms with van der Waals surface area (Å²) in [6, 6.07) is 3.27. The fourth-order valence-corrected chi connectivity index (χ4v) is 4.76. The number of carbonyl (C=O) groups excluding carboxylic acids is 2. The summed E-state index contributed by atoms with van der Waals surface area (Å²) in [7, 11) is 1.48. The zero-order chi connectivity index (χ0) is 28.3. The van der Waals surface area contributed by atoms with Crippen LogP contribution in [-0.2, 0) is 35.1 Å². The summed E-state index contributed by atoms with van der Waals surface area (Å²) < 4.78 is 40.5. The van der Waals surface area contributed by atoms with Crippen LogP contribution in [-0.4, -0.2) is 61.2 Å². The predicted molar refractivity (Wildman–Crippen MR) is 141 cm³/mol. The summed E-state index contributed by atoms with van der Waals surface area (Å²) in [5.41, 5.74) is 1.14. The molecule has 1 N–H and O–H groups in total. The zero-order valence-corrected chi connectivity index (χ0v) is 23.1. The van der Waals surface area contributed by atoms with Crippen LogP contribution in [0.4, 0.5) is 0 Å². The van der Waals surface area contributed by atoms with Crippen molar-refractivity contribution in [3.05, 3.63) is 47.2 Å². The SMILES string of the molecule is COCOc1cc2oc(CO)cc2c2c1C(=O)O[C@@H](C)[C@H](C)/C=C\C(OC(C)=O)[C@H]1OC(C)(C)O[C@H]1CC=C2. The van der Waals surface area contributed by atoms with Gasteiger partial charge in [-0.1, -0.05) is 25.2 Å². The van der Waals surface area contributed by atoms with Gasteiger partial charge in [-0.2, -0.15) is 0 Å². The summed E-state index contributed by atoms with van der Waals surface area (Å²) >= 11 is 0. The molecule has 2 aromatic rings. The number of benzene rings is 1. The smallest absolute Gasteiger partial charge is 0.342 e. The van der Waals surface area contributed by atoms with Crippen LogP contribution in [0.1, 0.15) is 62.7 Å². The molecule has 39 heavy (non-hydrogen) atoms. The summed E-state index contributed by atoms with van der Waals surface area (Å²) in [5, 5.41) is 10.3. The first-order chi connectivity index (χ1) is 18.5. The van der Waals surface area contributed by atoms with Crippen molar-refractivity contribution in [1.82, 2.24) is 0 Å². The van der Waals surface area contributed by atoms with Crippen molar-refractivity contribution >= 4 is 29.0 Å². The summed E-state index contributed by atoms with van der Waals surface area (Å²) in [6.07, 6.45) is 5.36. The van der Waals surface area contributed by atoms with Gasteiger partial charge >= 0.3 is 11.9 Å². The van der Waals surface area contributed by atoms with Crippen LogP contribution in [0.15, 0.2) is 34.8 Å². The highest BCUT2D eigenvalue weighted by molar-refractivity contribution is 6.04. The maximum atomic E-state index is 13.6. The number of carbonyl (C=O) groups is 2. The third kappa shape index (κ3) is 6.52. The fourth-order valence-electron chi connectivity index (χ4n) is 4.76. The topological polar surface area (TPSA) is 123 Å². The molecule has 0 bridgehead atoms. The molecule has 0 aliphatic carbocycles. The fraction of sp³-hybridized carbons (Fsp3) is 0.517. The van der Waals surface area contributed by atoms with Gasteiger partial charge in [0.05, 0.1) is 6.10 Å². The normalized spacial score (nSPS) is 27.8. The van der Waals surface area contributed by atoms with E-state index in [-0.39, 0.29) is 30.6 Å². The molecular weight excluding hydrogens is 508 g/mol. The van der Waals surface area contributed by atoms with Crippen molar-refractivity contribution in [1.29, 1.82) is 0 Å². The van der Waals surface area contributed by atoms with Crippen molar-refractivity contribution in [2.45, 2.75) is 77.8 Å². The molecular formula is C29H36O10. The Morgan fingerprint density at radius 1 is 1.18 bits per heavy atom. The Morgan fingerprint density at radius 2 is 1.95 bits per heavy atom. The average Bonchev–Trinajstić information content (AvgIpc) is 3.43. The van der Waals surface area contributed by atoms with E-state index in [0.29, 0.717) is 28.7 Å². The van der Waals surface area contributed by atoms with Crippen LogP contribution in [0.25, 0.3) is 17.0 Å². The van der Waals surface area contributed by atoms with Crippen molar-refractivity contribution in [2.75, 3.05) is 13.9 Å². The lowest BCUT2D eigenvalue weighted by molar-refractivity contribution is -0.165. The average molecular weight is 545 g/mol. The van der Waals surface area contributed by atoms with Gasteiger partial charge in [0, 0.05) is 37.0 Å². The molecule has 3 heterocycles. The largest absolute Gasteiger partial charge is 0.466 e. The van der Waals surface area contributed by atoms with Crippen molar-refractivity contribution in [3.63, 3.8) is 0 Å². The number of aliphatic hydroxyl groups excluding tert-OH is 1. The van der Waals surface area contributed by atoms with Crippen LogP contribution < -0.4 is 4.74 Å². The van der Waals surface area contributed by atoms with Gasteiger partial charge in [-0.3, -0.25) is 4.79 Å². The van der Waals surface area contributed by atoms with E-state index in [0.717, 1.165) is 0 Å². The van der Waals surface area contributed by atoms with Crippen molar-refractivity contribution in [2.24, 2.45) is 5.92 Å². The summed E-state index contributed by atoms with van der Waals surface area (Å²) in [4.78, 5) is 25.6. The summed E-state index contributed by atoms with van der Waals surface area (Å²) in [6.45, 7) is 8.24. The van der Waals surface area contributed by atoms with Gasteiger partial charge in [-0.25, -0.2) is 4.79 Å². The van der Waals surface area contributed by atoms with Crippen LogP contribution in [0.2, 0.25) is 0 Å². The van der Waals surface area contributed by atoms with Crippen molar-refractivity contribution in [3.8, 4) is 5.75 Å². The highest BCUT2D eigenvalue weighted by Gasteiger charge is 2.45. The van der Waals surface area contributed by atoms with Crippen LogP contribution >= 0.6 is 0 Å². The standard InChI is InChI=1S/C29H36O10/c1-16-10-11-22(36-18(3)31)27-23(38-29(4,5)39-27)9-7-8-20-21-12-19(14-30)37-24(21)13-25(34-15-33-6)26(20)28(32)35-17(16)2/h7-8,10-13,16-17,22-23,27,30H,9,14-15H2,1-6H3/b8-7?,11-10-/t16-,17+,22?,23+,27-/m1/s1. The van der Waals surface area contributed by atoms with E-state index in [9.17, 15) is 14.7 Å². The van der Waals surface area contributed by atoms with Gasteiger partial charge in [0.1, 0.15) is 47.6 Å². The first kappa shape index (κ1) is 28.8. The number of esters is 2. The van der Waals surface area contributed by atoms with E-state index in [1.165, 1.54) is 14.0 Å². The molecule has 10 nitrogen and oxygen atoms in total. The lowest BCUT2D eigenvalue weighted by atomic mass is 9.97. The molecule has 1 unspecified atom stereocenters. The molecule has 0 saturated carbocycles. The zero-order valence-electron chi connectivity index (χ0n) is 23.1. The second-order valence-corrected chi connectivity index (χ2v) is 10.2. The molecule has 2 aliphatic heterocycles. The number of rotatable bonds is 5. The third-order valence-electron chi connectivity index (χ3n) is 6.71. The van der Waals surface area contributed by atoms with Gasteiger partial charge < -0.3 is 37.9 Å². The van der Waals surface area contributed by atoms with E-state index < -0.39 is 42.1 Å². The first-order valence-electron chi connectivity index (χ1n) is 12.9. The number of aliphatic hydroxyl groups is 1. The van der Waals surface area contributed by atoms with Gasteiger partial charge in [-0.15, -0.1) is 0 Å². The van der Waals surface area contributed by atoms with Gasteiger partial charge in [0.2, 0.25) is 0 Å². The Balaban J connectivity index is 1.86. The number of fused-ring (bicyclic) bond motifs is 4. The quantitative estimate of drug-likeness (QED) is 0.327. The van der Waals surface area contributed by atoms with Crippen molar-refractivity contribution < 1.29 is 47.5 Å². The van der Waals surface area contributed by atoms with E-state index in [4.69, 9.17) is 32.8 Å². The molecule has 1 aromatic carbocycles. The lowest BCUT2D eigenvalue weighted by Gasteiger charge is -2.25. The number of methoxy groups -OCH3 is 1. The predicted octanol–water partition coefficient (Wildman–Crippen LogP) is 4.51. The number of ether oxygens (including phenoxy) is 6. The molecule has 0 radical (unpaired) electrons. The second-order valence-electron chi connectivity index (χ2n) is 10.2. The molecule has 4 rings (SSSR count).